The summed E-state index contributed by atoms with van der Waals surface area (Å²) in [7, 11) is 0. The highest BCUT2D eigenvalue weighted by Gasteiger charge is 2.40. The number of morpholine rings is 1. The number of Topliss-reactive ketones (excluding diaryl/α,β-unsaturated/α-hetero) is 1. The summed E-state index contributed by atoms with van der Waals surface area (Å²) >= 11 is 0. The maximum absolute atomic E-state index is 14.2. The molecule has 2 aromatic rings. The number of amides is 1. The molecule has 0 N–H and O–H groups in total. The molecule has 0 radical (unpaired) electrons. The SMILES string of the molecule is O=C(c1ccccc1)C(C(=O)N(c1ccc([N+](=O)[O-])cc1)C1CCCCC1)N1CCOCC1. The molecule has 4 rings (SSSR count). The van der Waals surface area contributed by atoms with Crippen LogP contribution in [0.1, 0.15) is 42.5 Å². The van der Waals surface area contributed by atoms with Crippen LogP contribution < -0.4 is 4.90 Å². The largest absolute Gasteiger partial charge is 0.379 e. The maximum Gasteiger partial charge on any atom is 0.269 e. The predicted octanol–water partition coefficient (Wildman–Crippen LogP) is 3.84. The Bertz CT molecular complexity index is 967. The van der Waals surface area contributed by atoms with Gasteiger partial charge in [-0.15, -0.1) is 0 Å². The quantitative estimate of drug-likeness (QED) is 0.275. The minimum atomic E-state index is -0.964. The van der Waals surface area contributed by atoms with Crippen molar-refractivity contribution in [2.75, 3.05) is 31.2 Å². The summed E-state index contributed by atoms with van der Waals surface area (Å²) in [5.74, 6) is -0.503. The number of non-ortho nitro benzene ring substituents is 1. The molecule has 0 spiro atoms. The summed E-state index contributed by atoms with van der Waals surface area (Å²) in [4.78, 5) is 42.1. The van der Waals surface area contributed by atoms with Crippen molar-refractivity contribution in [2.24, 2.45) is 0 Å². The van der Waals surface area contributed by atoms with Gasteiger partial charge in [0.25, 0.3) is 11.6 Å². The second-order valence-corrected chi connectivity index (χ2v) is 8.55. The van der Waals surface area contributed by atoms with Crippen LogP contribution in [0.4, 0.5) is 11.4 Å². The average molecular weight is 452 g/mol. The van der Waals surface area contributed by atoms with Gasteiger partial charge >= 0.3 is 0 Å². The van der Waals surface area contributed by atoms with Gasteiger partial charge in [-0.05, 0) is 25.0 Å². The Balaban J connectivity index is 1.72. The molecular weight excluding hydrogens is 422 g/mol. The van der Waals surface area contributed by atoms with E-state index in [2.05, 4.69) is 0 Å². The monoisotopic (exact) mass is 451 g/mol. The summed E-state index contributed by atoms with van der Waals surface area (Å²) in [6, 6.07) is 14.0. The van der Waals surface area contributed by atoms with Crippen LogP contribution in [0.5, 0.6) is 0 Å². The highest BCUT2D eigenvalue weighted by atomic mass is 16.6. The summed E-state index contributed by atoms with van der Waals surface area (Å²) in [5.41, 5.74) is 1.06. The van der Waals surface area contributed by atoms with Crippen molar-refractivity contribution in [3.05, 3.63) is 70.3 Å². The number of carbonyl (C=O) groups is 2. The first kappa shape index (κ1) is 23.1. The molecule has 1 aliphatic carbocycles. The molecule has 2 aromatic carbocycles. The third-order valence-electron chi connectivity index (χ3n) is 6.47. The van der Waals surface area contributed by atoms with Crippen molar-refractivity contribution < 1.29 is 19.2 Å². The lowest BCUT2D eigenvalue weighted by Gasteiger charge is -2.40. The molecule has 1 saturated heterocycles. The first-order valence-corrected chi connectivity index (χ1v) is 11.5. The fourth-order valence-corrected chi connectivity index (χ4v) is 4.75. The van der Waals surface area contributed by atoms with Gasteiger partial charge in [-0.2, -0.15) is 0 Å². The lowest BCUT2D eigenvalue weighted by atomic mass is 9.92. The number of benzene rings is 2. The van der Waals surface area contributed by atoms with Gasteiger partial charge in [0.15, 0.2) is 11.8 Å². The van der Waals surface area contributed by atoms with Gasteiger partial charge in [0.05, 0.1) is 18.1 Å². The van der Waals surface area contributed by atoms with Gasteiger partial charge in [0.1, 0.15) is 0 Å². The van der Waals surface area contributed by atoms with Crippen LogP contribution in [-0.4, -0.2) is 59.9 Å². The van der Waals surface area contributed by atoms with Gasteiger partial charge in [0, 0.05) is 42.5 Å². The van der Waals surface area contributed by atoms with E-state index in [9.17, 15) is 19.7 Å². The Labute approximate surface area is 193 Å². The van der Waals surface area contributed by atoms with Crippen LogP contribution in [0.25, 0.3) is 0 Å². The molecule has 0 bridgehead atoms. The highest BCUT2D eigenvalue weighted by molar-refractivity contribution is 6.18. The number of nitrogens with zero attached hydrogens (tertiary/aromatic N) is 3. The Morgan fingerprint density at radius 1 is 0.970 bits per heavy atom. The number of anilines is 1. The van der Waals surface area contributed by atoms with Gasteiger partial charge < -0.3 is 9.64 Å². The summed E-state index contributed by atoms with van der Waals surface area (Å²) in [6.45, 7) is 1.92. The van der Waals surface area contributed by atoms with Gasteiger partial charge in [-0.1, -0.05) is 49.6 Å². The first-order chi connectivity index (χ1) is 16.1. The molecule has 8 heteroatoms. The molecule has 1 amide bonds. The van der Waals surface area contributed by atoms with E-state index in [-0.39, 0.29) is 23.4 Å². The molecule has 2 fully saturated rings. The Morgan fingerprint density at radius 2 is 1.61 bits per heavy atom. The number of hydrogen-bond donors (Lipinski definition) is 0. The Morgan fingerprint density at radius 3 is 2.21 bits per heavy atom. The number of nitro benzene ring substituents is 1. The van der Waals surface area contributed by atoms with Crippen molar-refractivity contribution in [2.45, 2.75) is 44.2 Å². The van der Waals surface area contributed by atoms with Crippen molar-refractivity contribution >= 4 is 23.1 Å². The standard InChI is InChI=1S/C25H29N3O5/c29-24(19-7-3-1-4-8-19)23(26-15-17-33-18-16-26)25(30)27(20-9-5-2-6-10-20)21-11-13-22(14-12-21)28(31)32/h1,3-4,7-8,11-14,20,23H,2,5-6,9-10,15-18H2. The van der Waals surface area contributed by atoms with E-state index in [0.29, 0.717) is 37.6 Å². The van der Waals surface area contributed by atoms with Crippen molar-refractivity contribution in [1.82, 2.24) is 4.90 Å². The van der Waals surface area contributed by atoms with Crippen LogP contribution in [0, 0.1) is 10.1 Å². The van der Waals surface area contributed by atoms with Crippen molar-refractivity contribution in [1.29, 1.82) is 0 Å². The Kier molecular flexibility index (Phi) is 7.47. The van der Waals surface area contributed by atoms with Gasteiger partial charge in [-0.25, -0.2) is 0 Å². The molecule has 1 saturated carbocycles. The molecule has 33 heavy (non-hydrogen) atoms. The normalized spacial score (nSPS) is 18.4. The molecule has 1 heterocycles. The smallest absolute Gasteiger partial charge is 0.269 e. The summed E-state index contributed by atoms with van der Waals surface area (Å²) in [6.07, 6.45) is 4.83. The van der Waals surface area contributed by atoms with E-state index in [1.807, 2.05) is 11.0 Å². The van der Waals surface area contributed by atoms with E-state index >= 15 is 0 Å². The van der Waals surface area contributed by atoms with E-state index in [0.717, 1.165) is 32.1 Å². The molecular formula is C25H29N3O5. The lowest BCUT2D eigenvalue weighted by Crippen LogP contribution is -2.58. The van der Waals surface area contributed by atoms with Crippen molar-refractivity contribution in [3.8, 4) is 0 Å². The third kappa shape index (κ3) is 5.29. The lowest BCUT2D eigenvalue weighted by molar-refractivity contribution is -0.384. The number of rotatable bonds is 7. The second kappa shape index (κ2) is 10.7. The first-order valence-electron chi connectivity index (χ1n) is 11.5. The molecule has 0 aromatic heterocycles. The zero-order chi connectivity index (χ0) is 23.2. The molecule has 2 aliphatic rings. The van der Waals surface area contributed by atoms with E-state index in [1.165, 1.54) is 12.1 Å². The van der Waals surface area contributed by atoms with Gasteiger partial charge in [-0.3, -0.25) is 24.6 Å². The third-order valence-corrected chi connectivity index (χ3v) is 6.47. The predicted molar refractivity (Wildman–Crippen MR) is 124 cm³/mol. The van der Waals surface area contributed by atoms with Crippen LogP contribution >= 0.6 is 0 Å². The minimum absolute atomic E-state index is 0.0279. The number of carbonyl (C=O) groups excluding carboxylic acids is 2. The van der Waals surface area contributed by atoms with E-state index in [4.69, 9.17) is 4.74 Å². The minimum Gasteiger partial charge on any atom is -0.379 e. The molecule has 8 nitrogen and oxygen atoms in total. The highest BCUT2D eigenvalue weighted by Crippen LogP contribution is 2.30. The van der Waals surface area contributed by atoms with E-state index < -0.39 is 11.0 Å². The molecule has 1 unspecified atom stereocenters. The molecule has 1 atom stereocenters. The number of nitro groups is 1. The second-order valence-electron chi connectivity index (χ2n) is 8.55. The van der Waals surface area contributed by atoms with Crippen LogP contribution in [0.2, 0.25) is 0 Å². The van der Waals surface area contributed by atoms with Crippen molar-refractivity contribution in [3.63, 3.8) is 0 Å². The summed E-state index contributed by atoms with van der Waals surface area (Å²) in [5, 5.41) is 11.1. The number of ketones is 1. The zero-order valence-electron chi connectivity index (χ0n) is 18.6. The topological polar surface area (TPSA) is 93.0 Å². The fourth-order valence-electron chi connectivity index (χ4n) is 4.75. The van der Waals surface area contributed by atoms with Crippen LogP contribution in [0.3, 0.4) is 0 Å². The molecule has 1 aliphatic heterocycles. The number of ether oxygens (including phenoxy) is 1. The van der Waals surface area contributed by atoms with Crippen LogP contribution in [-0.2, 0) is 9.53 Å². The summed E-state index contributed by atoms with van der Waals surface area (Å²) < 4.78 is 5.47. The average Bonchev–Trinajstić information content (AvgIpc) is 2.86. The zero-order valence-corrected chi connectivity index (χ0v) is 18.6. The van der Waals surface area contributed by atoms with Crippen LogP contribution in [0.15, 0.2) is 54.6 Å². The molecule has 174 valence electrons. The Hall–Kier alpha value is -3.10. The number of hydrogen-bond acceptors (Lipinski definition) is 6. The van der Waals surface area contributed by atoms with E-state index in [1.54, 1.807) is 41.3 Å². The fraction of sp³-hybridized carbons (Fsp3) is 0.440. The maximum atomic E-state index is 14.2. The van der Waals surface area contributed by atoms with Gasteiger partial charge in [0.2, 0.25) is 0 Å².